The van der Waals surface area contributed by atoms with Crippen molar-refractivity contribution >= 4 is 17.6 Å². The van der Waals surface area contributed by atoms with Crippen LogP contribution in [0.25, 0.3) is 0 Å². The Morgan fingerprint density at radius 2 is 2.29 bits per heavy atom. The normalized spacial score (nSPS) is 16.4. The third-order valence-corrected chi connectivity index (χ3v) is 2.71. The average molecular weight is 213 g/mol. The number of carbonyl (C=O) groups is 1. The molecule has 1 aromatic heterocycles. The Labute approximate surface area is 85.9 Å². The molecule has 5 heteroatoms. The number of nitrogens with zero attached hydrogens (tertiary/aromatic N) is 2. The van der Waals surface area contributed by atoms with Gasteiger partial charge in [0.25, 0.3) is 0 Å². The van der Waals surface area contributed by atoms with E-state index in [1.807, 2.05) is 0 Å². The van der Waals surface area contributed by atoms with Crippen molar-refractivity contribution in [3.8, 4) is 0 Å². The Morgan fingerprint density at radius 3 is 2.79 bits per heavy atom. The molecule has 74 valence electrons. The summed E-state index contributed by atoms with van der Waals surface area (Å²) in [5, 5.41) is 8.89. The summed E-state index contributed by atoms with van der Waals surface area (Å²) in [6, 6.07) is 0. The molecule has 1 aromatic rings. The zero-order valence-corrected chi connectivity index (χ0v) is 8.16. The highest BCUT2D eigenvalue weighted by atomic mass is 35.5. The van der Waals surface area contributed by atoms with E-state index in [0.29, 0.717) is 11.7 Å². The zero-order chi connectivity index (χ0) is 10.1. The first-order valence-corrected chi connectivity index (χ1v) is 4.82. The van der Waals surface area contributed by atoms with Gasteiger partial charge in [0, 0.05) is 5.92 Å². The first-order chi connectivity index (χ1) is 6.68. The lowest BCUT2D eigenvalue weighted by Gasteiger charge is -2.23. The van der Waals surface area contributed by atoms with Crippen LogP contribution in [-0.2, 0) is 0 Å². The molecule has 0 unspecified atom stereocenters. The monoisotopic (exact) mass is 212 g/mol. The summed E-state index contributed by atoms with van der Waals surface area (Å²) >= 11 is 5.65. The topological polar surface area (TPSA) is 63.1 Å². The van der Waals surface area contributed by atoms with Crippen molar-refractivity contribution < 1.29 is 9.90 Å². The molecule has 1 saturated carbocycles. The van der Waals surface area contributed by atoms with Crippen LogP contribution < -0.4 is 0 Å². The molecule has 0 saturated heterocycles. The Morgan fingerprint density at radius 1 is 1.57 bits per heavy atom. The van der Waals surface area contributed by atoms with Gasteiger partial charge in [-0.3, -0.25) is 0 Å². The van der Waals surface area contributed by atoms with Crippen LogP contribution in [0.1, 0.15) is 41.5 Å². The standard InChI is InChI=1S/C9H9ClN2O2/c10-6-4-11-8(5-2-1-3-5)12-7(6)9(13)14/h4-5H,1-3H2,(H,13,14). The van der Waals surface area contributed by atoms with E-state index in [4.69, 9.17) is 16.7 Å². The summed E-state index contributed by atoms with van der Waals surface area (Å²) < 4.78 is 0. The van der Waals surface area contributed by atoms with Gasteiger partial charge in [0.15, 0.2) is 5.69 Å². The number of halogens is 1. The number of aromatic nitrogens is 2. The van der Waals surface area contributed by atoms with E-state index in [-0.39, 0.29) is 10.7 Å². The fourth-order valence-corrected chi connectivity index (χ4v) is 1.57. The summed E-state index contributed by atoms with van der Waals surface area (Å²) in [6.07, 6.45) is 4.62. The van der Waals surface area contributed by atoms with E-state index >= 15 is 0 Å². The lowest BCUT2D eigenvalue weighted by Crippen LogP contribution is -2.15. The van der Waals surface area contributed by atoms with Gasteiger partial charge in [-0.2, -0.15) is 0 Å². The second-order valence-corrected chi connectivity index (χ2v) is 3.76. The molecule has 0 radical (unpaired) electrons. The summed E-state index contributed by atoms with van der Waals surface area (Å²) in [5.74, 6) is -0.165. The lowest BCUT2D eigenvalue weighted by molar-refractivity contribution is 0.0690. The molecule has 1 aliphatic carbocycles. The second-order valence-electron chi connectivity index (χ2n) is 3.36. The minimum Gasteiger partial charge on any atom is -0.476 e. The van der Waals surface area contributed by atoms with Crippen molar-refractivity contribution in [3.05, 3.63) is 22.7 Å². The van der Waals surface area contributed by atoms with Gasteiger partial charge in [0.05, 0.1) is 11.2 Å². The number of hydrogen-bond acceptors (Lipinski definition) is 3. The minimum absolute atomic E-state index is 0.0939. The molecule has 14 heavy (non-hydrogen) atoms. The van der Waals surface area contributed by atoms with Crippen molar-refractivity contribution in [3.63, 3.8) is 0 Å². The van der Waals surface area contributed by atoms with Crippen LogP contribution in [0, 0.1) is 0 Å². The fraction of sp³-hybridized carbons (Fsp3) is 0.444. The molecular formula is C9H9ClN2O2. The molecular weight excluding hydrogens is 204 g/mol. The van der Waals surface area contributed by atoms with Crippen molar-refractivity contribution in [2.75, 3.05) is 0 Å². The van der Waals surface area contributed by atoms with Crippen LogP contribution in [-0.4, -0.2) is 21.0 Å². The lowest BCUT2D eigenvalue weighted by atomic mass is 9.85. The molecule has 0 spiro atoms. The average Bonchev–Trinajstić information content (AvgIpc) is 2.04. The van der Waals surface area contributed by atoms with Crippen LogP contribution in [0.3, 0.4) is 0 Å². The van der Waals surface area contributed by atoms with E-state index < -0.39 is 5.97 Å². The minimum atomic E-state index is -1.10. The second kappa shape index (κ2) is 3.53. The van der Waals surface area contributed by atoms with E-state index in [0.717, 1.165) is 12.8 Å². The summed E-state index contributed by atoms with van der Waals surface area (Å²) in [4.78, 5) is 18.7. The Hall–Kier alpha value is -1.16. The van der Waals surface area contributed by atoms with Gasteiger partial charge in [0.1, 0.15) is 5.82 Å². The Balaban J connectivity index is 2.34. The first-order valence-electron chi connectivity index (χ1n) is 4.44. The highest BCUT2D eigenvalue weighted by Gasteiger charge is 2.24. The van der Waals surface area contributed by atoms with Gasteiger partial charge in [-0.05, 0) is 12.8 Å². The van der Waals surface area contributed by atoms with E-state index in [9.17, 15) is 4.79 Å². The summed E-state index contributed by atoms with van der Waals surface area (Å²) in [6.45, 7) is 0. The zero-order valence-electron chi connectivity index (χ0n) is 7.40. The SMILES string of the molecule is O=C(O)c1nc(C2CCC2)ncc1Cl. The maximum absolute atomic E-state index is 10.7. The van der Waals surface area contributed by atoms with Gasteiger partial charge in [-0.25, -0.2) is 14.8 Å². The predicted molar refractivity (Wildman–Crippen MR) is 50.6 cm³/mol. The van der Waals surface area contributed by atoms with Gasteiger partial charge in [0.2, 0.25) is 0 Å². The molecule has 1 heterocycles. The third-order valence-electron chi connectivity index (χ3n) is 2.44. The molecule has 1 aliphatic rings. The number of aromatic carboxylic acids is 1. The third kappa shape index (κ3) is 1.57. The van der Waals surface area contributed by atoms with Crippen molar-refractivity contribution in [2.45, 2.75) is 25.2 Å². The number of carboxylic acid groups (broad SMARTS) is 1. The fourth-order valence-electron chi connectivity index (χ4n) is 1.39. The molecule has 2 rings (SSSR count). The van der Waals surface area contributed by atoms with Crippen molar-refractivity contribution in [1.82, 2.24) is 9.97 Å². The molecule has 0 aliphatic heterocycles. The van der Waals surface area contributed by atoms with E-state index in [1.165, 1.54) is 12.6 Å². The maximum Gasteiger partial charge on any atom is 0.356 e. The summed E-state index contributed by atoms with van der Waals surface area (Å²) in [7, 11) is 0. The quantitative estimate of drug-likeness (QED) is 0.816. The molecule has 0 bridgehead atoms. The van der Waals surface area contributed by atoms with Gasteiger partial charge in [-0.1, -0.05) is 18.0 Å². The van der Waals surface area contributed by atoms with Crippen LogP contribution in [0.2, 0.25) is 5.02 Å². The molecule has 1 N–H and O–H groups in total. The Bertz CT molecular complexity index is 377. The number of hydrogen-bond donors (Lipinski definition) is 1. The van der Waals surface area contributed by atoms with Crippen LogP contribution in [0.4, 0.5) is 0 Å². The molecule has 1 fully saturated rings. The molecule has 0 aromatic carbocycles. The van der Waals surface area contributed by atoms with E-state index in [2.05, 4.69) is 9.97 Å². The van der Waals surface area contributed by atoms with Crippen molar-refractivity contribution in [1.29, 1.82) is 0 Å². The molecule has 0 atom stereocenters. The van der Waals surface area contributed by atoms with E-state index in [1.54, 1.807) is 0 Å². The number of carboxylic acids is 1. The summed E-state index contributed by atoms with van der Waals surface area (Å²) in [5.41, 5.74) is -0.0939. The van der Waals surface area contributed by atoms with Gasteiger partial charge >= 0.3 is 5.97 Å². The molecule has 4 nitrogen and oxygen atoms in total. The highest BCUT2D eigenvalue weighted by molar-refractivity contribution is 6.33. The smallest absolute Gasteiger partial charge is 0.356 e. The molecule has 0 amide bonds. The van der Waals surface area contributed by atoms with Gasteiger partial charge in [-0.15, -0.1) is 0 Å². The maximum atomic E-state index is 10.7. The number of rotatable bonds is 2. The van der Waals surface area contributed by atoms with Crippen LogP contribution >= 0.6 is 11.6 Å². The van der Waals surface area contributed by atoms with Crippen LogP contribution in [0.15, 0.2) is 6.20 Å². The predicted octanol–water partition coefficient (Wildman–Crippen LogP) is 2.10. The van der Waals surface area contributed by atoms with Gasteiger partial charge < -0.3 is 5.11 Å². The van der Waals surface area contributed by atoms with Crippen molar-refractivity contribution in [2.24, 2.45) is 0 Å². The first kappa shape index (κ1) is 9.40. The van der Waals surface area contributed by atoms with Crippen LogP contribution in [0.5, 0.6) is 0 Å². The Kier molecular flexibility index (Phi) is 2.37. The highest BCUT2D eigenvalue weighted by Crippen LogP contribution is 2.34. The largest absolute Gasteiger partial charge is 0.476 e.